The predicted octanol–water partition coefficient (Wildman–Crippen LogP) is 5.33. The topological polar surface area (TPSA) is 101 Å². The summed E-state index contributed by atoms with van der Waals surface area (Å²) in [6, 6.07) is 3.78. The molecule has 0 aromatic carbocycles. The molecule has 3 aromatic heterocycles. The maximum absolute atomic E-state index is 13.9. The molecular weight excluding hydrogens is 535 g/mol. The molecule has 0 spiro atoms. The van der Waals surface area contributed by atoms with E-state index in [2.05, 4.69) is 25.7 Å². The minimum atomic E-state index is -4.42. The molecule has 214 valence electrons. The smallest absolute Gasteiger partial charge is 0.349 e. The Morgan fingerprint density at radius 1 is 1.05 bits per heavy atom. The van der Waals surface area contributed by atoms with Gasteiger partial charge in [-0.2, -0.15) is 18.3 Å². The van der Waals surface area contributed by atoms with Crippen molar-refractivity contribution < 1.29 is 31.5 Å². The fourth-order valence-electron chi connectivity index (χ4n) is 5.18. The molecule has 3 heterocycles. The molecule has 8 nitrogen and oxygen atoms in total. The first kappa shape index (κ1) is 27.9. The summed E-state index contributed by atoms with van der Waals surface area (Å²) in [6.07, 6.45) is 1.32. The monoisotopic (exact) mass is 564 g/mol. The molecule has 1 unspecified atom stereocenters. The minimum absolute atomic E-state index is 0.0870. The number of alkyl halides is 5. The van der Waals surface area contributed by atoms with Gasteiger partial charge in [-0.25, -0.2) is 18.3 Å². The van der Waals surface area contributed by atoms with Crippen LogP contribution in [-0.4, -0.2) is 43.5 Å². The highest BCUT2D eigenvalue weighted by Gasteiger charge is 2.40. The van der Waals surface area contributed by atoms with E-state index in [1.54, 1.807) is 24.4 Å². The zero-order valence-electron chi connectivity index (χ0n) is 21.5. The molecular formula is C27H29F5N6O2. The number of carbonyl (C=O) groups excluding carboxylic acids is 2. The van der Waals surface area contributed by atoms with Gasteiger partial charge < -0.3 is 10.6 Å². The Labute approximate surface area is 226 Å². The van der Waals surface area contributed by atoms with Crippen LogP contribution in [0.1, 0.15) is 85.1 Å². The summed E-state index contributed by atoms with van der Waals surface area (Å²) in [5.74, 6) is -4.03. The summed E-state index contributed by atoms with van der Waals surface area (Å²) >= 11 is 0. The van der Waals surface area contributed by atoms with Gasteiger partial charge in [-0.15, -0.1) is 0 Å². The molecule has 2 aliphatic rings. The van der Waals surface area contributed by atoms with Gasteiger partial charge >= 0.3 is 6.18 Å². The van der Waals surface area contributed by atoms with E-state index in [9.17, 15) is 31.5 Å². The average molecular weight is 565 g/mol. The Kier molecular flexibility index (Phi) is 7.74. The van der Waals surface area contributed by atoms with Crippen LogP contribution in [0.15, 0.2) is 43.0 Å². The Morgan fingerprint density at radius 3 is 2.42 bits per heavy atom. The molecule has 2 fully saturated rings. The number of hydrogen-bond donors (Lipinski definition) is 2. The number of fused-ring (bicyclic) bond motifs is 1. The van der Waals surface area contributed by atoms with Gasteiger partial charge in [-0.1, -0.05) is 0 Å². The fraction of sp³-hybridized carbons (Fsp3) is 0.519. The highest BCUT2D eigenvalue weighted by atomic mass is 19.4. The molecule has 2 amide bonds. The fourth-order valence-corrected chi connectivity index (χ4v) is 5.18. The molecule has 2 N–H and O–H groups in total. The van der Waals surface area contributed by atoms with E-state index in [1.807, 2.05) is 0 Å². The number of nitrogens with one attached hydrogen (secondary N) is 2. The molecule has 40 heavy (non-hydrogen) atoms. The van der Waals surface area contributed by atoms with Crippen molar-refractivity contribution in [3.8, 4) is 0 Å². The van der Waals surface area contributed by atoms with Crippen molar-refractivity contribution in [2.24, 2.45) is 11.8 Å². The van der Waals surface area contributed by atoms with Crippen molar-refractivity contribution in [2.45, 2.75) is 75.5 Å². The number of halogens is 5. The number of pyridine rings is 1. The molecule has 0 radical (unpaired) electrons. The molecule has 13 heteroatoms. The summed E-state index contributed by atoms with van der Waals surface area (Å²) in [7, 11) is 0. The van der Waals surface area contributed by atoms with Crippen LogP contribution in [0.3, 0.4) is 0 Å². The zero-order valence-corrected chi connectivity index (χ0v) is 21.5. The number of carbonyl (C=O) groups is 2. The van der Waals surface area contributed by atoms with Crippen LogP contribution in [0, 0.1) is 11.8 Å². The second kappa shape index (κ2) is 11.1. The lowest BCUT2D eigenvalue weighted by molar-refractivity contribution is -0.144. The lowest BCUT2D eigenvalue weighted by atomic mass is 9.81. The van der Waals surface area contributed by atoms with Crippen LogP contribution < -0.4 is 10.6 Å². The third-order valence-electron chi connectivity index (χ3n) is 7.53. The summed E-state index contributed by atoms with van der Waals surface area (Å²) in [6.45, 7) is 0. The van der Waals surface area contributed by atoms with E-state index in [0.717, 1.165) is 12.8 Å². The third-order valence-corrected chi connectivity index (χ3v) is 7.53. The zero-order chi connectivity index (χ0) is 28.5. The Hall–Kier alpha value is -3.64. The standard InChI is InChI=1S/C27H29F5N6O2/c28-26(29)8-5-17(6-9-26)24(37-25(40)18-2-1-11-33-13-18)20-15-38-21(35-20)12-19(14-34-38)23(16-3-4-16)36-22(39)7-10-27(30,31)32/h1-2,11-17,23-24H,3-10H2,(H,36,39)(H,37,40)/t23?,24-/m0/s1. The van der Waals surface area contributed by atoms with Crippen molar-refractivity contribution in [3.63, 3.8) is 0 Å². The first-order valence-corrected chi connectivity index (χ1v) is 13.3. The Morgan fingerprint density at radius 2 is 1.77 bits per heavy atom. The highest BCUT2D eigenvalue weighted by Crippen LogP contribution is 2.43. The van der Waals surface area contributed by atoms with Crippen LogP contribution in [0.2, 0.25) is 0 Å². The Balaban J connectivity index is 1.39. The van der Waals surface area contributed by atoms with Crippen LogP contribution >= 0.6 is 0 Å². The second-order valence-electron chi connectivity index (χ2n) is 10.6. The molecule has 2 saturated carbocycles. The van der Waals surface area contributed by atoms with E-state index < -0.39 is 48.8 Å². The maximum atomic E-state index is 13.9. The minimum Gasteiger partial charge on any atom is -0.349 e. The number of amides is 2. The van der Waals surface area contributed by atoms with Crippen LogP contribution in [0.5, 0.6) is 0 Å². The van der Waals surface area contributed by atoms with E-state index in [0.29, 0.717) is 22.5 Å². The number of rotatable bonds is 9. The maximum Gasteiger partial charge on any atom is 0.389 e. The van der Waals surface area contributed by atoms with Crippen LogP contribution in [0.4, 0.5) is 22.0 Å². The summed E-state index contributed by atoms with van der Waals surface area (Å²) in [4.78, 5) is 33.9. The quantitative estimate of drug-likeness (QED) is 0.342. The van der Waals surface area contributed by atoms with E-state index in [4.69, 9.17) is 0 Å². The van der Waals surface area contributed by atoms with Crippen molar-refractivity contribution >= 4 is 17.5 Å². The largest absolute Gasteiger partial charge is 0.389 e. The van der Waals surface area contributed by atoms with Gasteiger partial charge in [0.05, 0.1) is 42.2 Å². The molecule has 0 aliphatic heterocycles. The first-order valence-electron chi connectivity index (χ1n) is 13.3. The number of imidazole rings is 1. The van der Waals surface area contributed by atoms with Gasteiger partial charge in [0.2, 0.25) is 11.8 Å². The number of aromatic nitrogens is 4. The van der Waals surface area contributed by atoms with Crippen LogP contribution in [0.25, 0.3) is 5.65 Å². The first-order chi connectivity index (χ1) is 19.0. The van der Waals surface area contributed by atoms with Crippen molar-refractivity contribution in [1.29, 1.82) is 0 Å². The van der Waals surface area contributed by atoms with E-state index >= 15 is 0 Å². The van der Waals surface area contributed by atoms with Gasteiger partial charge in [0, 0.05) is 31.7 Å². The number of hydrogen-bond acceptors (Lipinski definition) is 5. The van der Waals surface area contributed by atoms with Gasteiger partial charge in [0.15, 0.2) is 5.65 Å². The van der Waals surface area contributed by atoms with Crippen LogP contribution in [-0.2, 0) is 4.79 Å². The molecule has 0 bridgehead atoms. The van der Waals surface area contributed by atoms with Crippen molar-refractivity contribution in [1.82, 2.24) is 30.2 Å². The molecule has 3 aromatic rings. The summed E-state index contributed by atoms with van der Waals surface area (Å²) < 4.78 is 67.0. The van der Waals surface area contributed by atoms with Gasteiger partial charge in [-0.3, -0.25) is 14.6 Å². The Bertz CT molecular complexity index is 1350. The average Bonchev–Trinajstić information content (AvgIpc) is 3.67. The second-order valence-corrected chi connectivity index (χ2v) is 10.6. The van der Waals surface area contributed by atoms with Crippen molar-refractivity contribution in [2.75, 3.05) is 0 Å². The normalized spacial score (nSPS) is 19.2. The van der Waals surface area contributed by atoms with E-state index in [1.165, 1.54) is 23.1 Å². The lowest BCUT2D eigenvalue weighted by Crippen LogP contribution is -2.37. The van der Waals surface area contributed by atoms with E-state index in [-0.39, 0.29) is 37.5 Å². The number of nitrogens with zero attached hydrogens (tertiary/aromatic N) is 4. The molecule has 2 atom stereocenters. The third kappa shape index (κ3) is 6.92. The van der Waals surface area contributed by atoms with Gasteiger partial charge in [0.25, 0.3) is 5.91 Å². The summed E-state index contributed by atoms with van der Waals surface area (Å²) in [5, 5.41) is 10.1. The lowest BCUT2D eigenvalue weighted by Gasteiger charge is -2.33. The molecule has 2 aliphatic carbocycles. The van der Waals surface area contributed by atoms with Gasteiger partial charge in [0.1, 0.15) is 0 Å². The molecule has 0 saturated heterocycles. The van der Waals surface area contributed by atoms with Crippen molar-refractivity contribution in [3.05, 3.63) is 59.8 Å². The summed E-state index contributed by atoms with van der Waals surface area (Å²) in [5.41, 5.74) is 1.80. The SMILES string of the molecule is O=C(CCC(F)(F)F)NC(c1cnn2cc([C@@H](NC(=O)c3cccnc3)C3CCC(F)(F)CC3)nc2c1)C1CC1. The highest BCUT2D eigenvalue weighted by molar-refractivity contribution is 5.94. The molecule has 5 rings (SSSR count). The van der Waals surface area contributed by atoms with Gasteiger partial charge in [-0.05, 0) is 61.3 Å². The predicted molar refractivity (Wildman–Crippen MR) is 133 cm³/mol.